The van der Waals surface area contributed by atoms with Crippen molar-refractivity contribution < 1.29 is 5.11 Å². The van der Waals surface area contributed by atoms with Gasteiger partial charge in [0.25, 0.3) is 0 Å². The van der Waals surface area contributed by atoms with E-state index in [1.54, 1.807) is 6.92 Å². The Morgan fingerprint density at radius 1 is 1.36 bits per heavy atom. The van der Waals surface area contributed by atoms with E-state index in [0.717, 1.165) is 10.6 Å². The summed E-state index contributed by atoms with van der Waals surface area (Å²) in [6.07, 6.45) is 0.410. The molecule has 60 valence electrons. The van der Waals surface area contributed by atoms with Crippen molar-refractivity contribution in [3.63, 3.8) is 0 Å². The quantitative estimate of drug-likeness (QED) is 0.722. The second kappa shape index (κ2) is 3.74. The first-order valence-corrected chi connectivity index (χ1v) is 3.99. The monoisotopic (exact) mass is 170 g/mol. The lowest BCUT2D eigenvalue weighted by Gasteiger charge is -2.02. The van der Waals surface area contributed by atoms with Crippen LogP contribution in [0.2, 0.25) is 5.02 Å². The second-order valence-electron chi connectivity index (χ2n) is 2.68. The molecule has 0 unspecified atom stereocenters. The van der Waals surface area contributed by atoms with Crippen LogP contribution in [0.4, 0.5) is 0 Å². The van der Waals surface area contributed by atoms with Gasteiger partial charge in [-0.15, -0.1) is 0 Å². The van der Waals surface area contributed by atoms with E-state index >= 15 is 0 Å². The largest absolute Gasteiger partial charge is 0.393 e. The summed E-state index contributed by atoms with van der Waals surface area (Å²) < 4.78 is 0. The molecule has 0 aliphatic heterocycles. The molecule has 0 heterocycles. The Morgan fingerprint density at radius 3 is 2.36 bits per heavy atom. The molecule has 2 heteroatoms. The molecule has 0 radical (unpaired) electrons. The predicted molar refractivity (Wildman–Crippen MR) is 46.8 cm³/mol. The van der Waals surface area contributed by atoms with E-state index in [1.807, 2.05) is 24.3 Å². The number of rotatable bonds is 2. The summed E-state index contributed by atoms with van der Waals surface area (Å²) in [5.41, 5.74) is 1.12. The molecule has 1 rings (SSSR count). The Kier molecular flexibility index (Phi) is 2.92. The molecule has 1 N–H and O–H groups in total. The molecule has 0 aromatic heterocycles. The molecular weight excluding hydrogens is 160 g/mol. The van der Waals surface area contributed by atoms with Gasteiger partial charge < -0.3 is 5.11 Å². The van der Waals surface area contributed by atoms with Crippen LogP contribution < -0.4 is 0 Å². The van der Waals surface area contributed by atoms with E-state index in [-0.39, 0.29) is 6.10 Å². The molecular formula is C9H11ClO. The third-order valence-electron chi connectivity index (χ3n) is 1.44. The first-order chi connectivity index (χ1) is 5.18. The van der Waals surface area contributed by atoms with Crippen LogP contribution in [0.25, 0.3) is 0 Å². The molecule has 1 aromatic rings. The smallest absolute Gasteiger partial charge is 0.0552 e. The average Bonchev–Trinajstić information content (AvgIpc) is 1.93. The van der Waals surface area contributed by atoms with Crippen LogP contribution in [-0.4, -0.2) is 11.2 Å². The zero-order valence-corrected chi connectivity index (χ0v) is 7.17. The molecule has 0 aliphatic rings. The Hall–Kier alpha value is -0.530. The van der Waals surface area contributed by atoms with Gasteiger partial charge in [0, 0.05) is 5.02 Å². The molecule has 1 aromatic carbocycles. The van der Waals surface area contributed by atoms with Crippen LogP contribution >= 0.6 is 11.6 Å². The van der Waals surface area contributed by atoms with Crippen LogP contribution in [-0.2, 0) is 6.42 Å². The van der Waals surface area contributed by atoms with Crippen molar-refractivity contribution >= 4 is 11.6 Å². The average molecular weight is 171 g/mol. The minimum atomic E-state index is -0.281. The summed E-state index contributed by atoms with van der Waals surface area (Å²) in [7, 11) is 0. The van der Waals surface area contributed by atoms with Crippen molar-refractivity contribution in [1.29, 1.82) is 0 Å². The van der Waals surface area contributed by atoms with Crippen molar-refractivity contribution in [2.75, 3.05) is 0 Å². The SMILES string of the molecule is C[C@H](O)Cc1ccc(Cl)cc1. The molecule has 1 atom stereocenters. The van der Waals surface area contributed by atoms with E-state index in [2.05, 4.69) is 0 Å². The number of halogens is 1. The van der Waals surface area contributed by atoms with Gasteiger partial charge in [0.15, 0.2) is 0 Å². The summed E-state index contributed by atoms with van der Waals surface area (Å²) >= 11 is 5.69. The van der Waals surface area contributed by atoms with Gasteiger partial charge in [-0.3, -0.25) is 0 Å². The third kappa shape index (κ3) is 2.91. The lowest BCUT2D eigenvalue weighted by atomic mass is 10.1. The van der Waals surface area contributed by atoms with Crippen molar-refractivity contribution in [3.8, 4) is 0 Å². The molecule has 1 nitrogen and oxygen atoms in total. The number of aliphatic hydroxyl groups is 1. The predicted octanol–water partition coefficient (Wildman–Crippen LogP) is 2.26. The number of aliphatic hydroxyl groups excluding tert-OH is 1. The van der Waals surface area contributed by atoms with Gasteiger partial charge in [-0.05, 0) is 31.0 Å². The van der Waals surface area contributed by atoms with Crippen LogP contribution in [0.3, 0.4) is 0 Å². The van der Waals surface area contributed by atoms with E-state index in [4.69, 9.17) is 16.7 Å². The normalized spacial score (nSPS) is 13.0. The topological polar surface area (TPSA) is 20.2 Å². The highest BCUT2D eigenvalue weighted by atomic mass is 35.5. The van der Waals surface area contributed by atoms with Crippen molar-refractivity contribution in [3.05, 3.63) is 34.9 Å². The summed E-state index contributed by atoms with van der Waals surface area (Å²) in [6, 6.07) is 7.52. The standard InChI is InChI=1S/C9H11ClO/c1-7(11)6-8-2-4-9(10)5-3-8/h2-5,7,11H,6H2,1H3/t7-/m0/s1. The summed E-state index contributed by atoms with van der Waals surface area (Å²) in [5.74, 6) is 0. The number of hydrogen-bond donors (Lipinski definition) is 1. The van der Waals surface area contributed by atoms with Gasteiger partial charge in [0.05, 0.1) is 6.10 Å². The Morgan fingerprint density at radius 2 is 1.91 bits per heavy atom. The third-order valence-corrected chi connectivity index (χ3v) is 1.70. The molecule has 11 heavy (non-hydrogen) atoms. The van der Waals surface area contributed by atoms with Gasteiger partial charge >= 0.3 is 0 Å². The summed E-state index contributed by atoms with van der Waals surface area (Å²) in [4.78, 5) is 0. The Balaban J connectivity index is 2.66. The molecule has 0 saturated carbocycles. The maximum atomic E-state index is 9.04. The first kappa shape index (κ1) is 8.57. The molecule has 0 aliphatic carbocycles. The highest BCUT2D eigenvalue weighted by Gasteiger charge is 1.97. The Labute approximate surface area is 71.6 Å². The number of hydrogen-bond acceptors (Lipinski definition) is 1. The summed E-state index contributed by atoms with van der Waals surface area (Å²) in [5, 5.41) is 9.78. The van der Waals surface area contributed by atoms with Crippen LogP contribution in [0.15, 0.2) is 24.3 Å². The van der Waals surface area contributed by atoms with Crippen LogP contribution in [0.1, 0.15) is 12.5 Å². The van der Waals surface area contributed by atoms with Crippen LogP contribution in [0.5, 0.6) is 0 Å². The highest BCUT2D eigenvalue weighted by molar-refractivity contribution is 6.30. The van der Waals surface area contributed by atoms with Gasteiger partial charge in [-0.25, -0.2) is 0 Å². The molecule has 0 bridgehead atoms. The lowest BCUT2D eigenvalue weighted by molar-refractivity contribution is 0.195. The van der Waals surface area contributed by atoms with Gasteiger partial charge in [-0.1, -0.05) is 23.7 Å². The zero-order valence-electron chi connectivity index (χ0n) is 6.42. The molecule has 0 saturated heterocycles. The fourth-order valence-corrected chi connectivity index (χ4v) is 1.09. The van der Waals surface area contributed by atoms with E-state index < -0.39 is 0 Å². The molecule has 0 spiro atoms. The fourth-order valence-electron chi connectivity index (χ4n) is 0.962. The van der Waals surface area contributed by atoms with Gasteiger partial charge in [-0.2, -0.15) is 0 Å². The van der Waals surface area contributed by atoms with Crippen molar-refractivity contribution in [1.82, 2.24) is 0 Å². The zero-order chi connectivity index (χ0) is 8.27. The first-order valence-electron chi connectivity index (χ1n) is 3.61. The molecule has 0 fully saturated rings. The van der Waals surface area contributed by atoms with Crippen LogP contribution in [0, 0.1) is 0 Å². The Bertz CT molecular complexity index is 216. The minimum absolute atomic E-state index is 0.281. The highest BCUT2D eigenvalue weighted by Crippen LogP contribution is 2.10. The second-order valence-corrected chi connectivity index (χ2v) is 3.12. The number of benzene rings is 1. The van der Waals surface area contributed by atoms with E-state index in [1.165, 1.54) is 0 Å². The molecule has 0 amide bonds. The van der Waals surface area contributed by atoms with E-state index in [0.29, 0.717) is 6.42 Å². The summed E-state index contributed by atoms with van der Waals surface area (Å²) in [6.45, 7) is 1.77. The fraction of sp³-hybridized carbons (Fsp3) is 0.333. The lowest BCUT2D eigenvalue weighted by Crippen LogP contribution is -2.03. The van der Waals surface area contributed by atoms with E-state index in [9.17, 15) is 0 Å². The minimum Gasteiger partial charge on any atom is -0.393 e. The maximum absolute atomic E-state index is 9.04. The van der Waals surface area contributed by atoms with Gasteiger partial charge in [0.2, 0.25) is 0 Å². The van der Waals surface area contributed by atoms with Crippen molar-refractivity contribution in [2.45, 2.75) is 19.4 Å². The van der Waals surface area contributed by atoms with Gasteiger partial charge in [0.1, 0.15) is 0 Å². The maximum Gasteiger partial charge on any atom is 0.0552 e. The van der Waals surface area contributed by atoms with Crippen molar-refractivity contribution in [2.24, 2.45) is 0 Å².